The summed E-state index contributed by atoms with van der Waals surface area (Å²) >= 11 is 0. The van der Waals surface area contributed by atoms with Crippen molar-refractivity contribution in [1.82, 2.24) is 4.57 Å². The maximum atomic E-state index is 13.7. The summed E-state index contributed by atoms with van der Waals surface area (Å²) in [6, 6.07) is 37.0. The van der Waals surface area contributed by atoms with Gasteiger partial charge in [0, 0.05) is 40.8 Å². The molecule has 1 heterocycles. The third kappa shape index (κ3) is 5.67. The van der Waals surface area contributed by atoms with Gasteiger partial charge in [0.15, 0.2) is 0 Å². The lowest BCUT2D eigenvalue weighted by Gasteiger charge is -2.16. The summed E-state index contributed by atoms with van der Waals surface area (Å²) in [7, 11) is 0. The molecule has 5 aromatic carbocycles. The number of nitrogens with two attached hydrogens (primary N) is 2. The minimum absolute atomic E-state index is 0.0308. The van der Waals surface area contributed by atoms with E-state index in [0.29, 0.717) is 35.8 Å². The summed E-state index contributed by atoms with van der Waals surface area (Å²) in [5, 5.41) is 14.0. The van der Waals surface area contributed by atoms with E-state index in [0.717, 1.165) is 39.4 Å². The molecule has 6 N–H and O–H groups in total. The number of carbonyl (C=O) groups is 1. The van der Waals surface area contributed by atoms with Crippen LogP contribution in [0, 0.1) is 5.41 Å². The van der Waals surface area contributed by atoms with Crippen molar-refractivity contribution in [2.24, 2.45) is 5.73 Å². The number of hydrogen-bond acceptors (Lipinski definition) is 4. The van der Waals surface area contributed by atoms with Crippen LogP contribution in [0.3, 0.4) is 0 Å². The molecule has 0 fully saturated rings. The summed E-state index contributed by atoms with van der Waals surface area (Å²) in [6.07, 6.45) is 0.800. The molecule has 0 aliphatic rings. The van der Waals surface area contributed by atoms with Crippen molar-refractivity contribution in [1.29, 1.82) is 5.41 Å². The maximum absolute atomic E-state index is 13.7. The minimum atomic E-state index is -0.250. The zero-order valence-electron chi connectivity index (χ0n) is 23.0. The van der Waals surface area contributed by atoms with Crippen molar-refractivity contribution in [3.63, 3.8) is 0 Å². The van der Waals surface area contributed by atoms with Crippen LogP contribution in [0.1, 0.15) is 27.2 Å². The maximum Gasteiger partial charge on any atom is 0.272 e. The monoisotopic (exact) mass is 553 g/mol. The molecule has 0 unspecified atom stereocenters. The number of carbonyl (C=O) groups excluding carboxylic acids is 1. The fourth-order valence-electron chi connectivity index (χ4n) is 5.22. The molecule has 0 spiro atoms. The number of benzene rings is 5. The van der Waals surface area contributed by atoms with Gasteiger partial charge in [0.1, 0.15) is 17.3 Å². The number of aromatic nitrogens is 1. The number of ether oxygens (including phenoxy) is 1. The van der Waals surface area contributed by atoms with E-state index in [1.54, 1.807) is 30.3 Å². The Morgan fingerprint density at radius 3 is 2.38 bits per heavy atom. The number of anilines is 2. The number of fused-ring (bicyclic) bond motifs is 2. The molecule has 0 atom stereocenters. The molecular weight excluding hydrogens is 522 g/mol. The van der Waals surface area contributed by atoms with Crippen molar-refractivity contribution >= 4 is 44.8 Å². The van der Waals surface area contributed by atoms with E-state index in [9.17, 15) is 4.79 Å². The van der Waals surface area contributed by atoms with Crippen LogP contribution in [-0.4, -0.2) is 22.9 Å². The van der Waals surface area contributed by atoms with Gasteiger partial charge in [0.05, 0.1) is 6.61 Å². The largest absolute Gasteiger partial charge is 0.493 e. The number of amides is 1. The molecule has 7 nitrogen and oxygen atoms in total. The number of nitrogens with one attached hydrogen (secondary N) is 2. The average Bonchev–Trinajstić information content (AvgIpc) is 3.36. The van der Waals surface area contributed by atoms with Gasteiger partial charge in [-0.05, 0) is 70.4 Å². The Kier molecular flexibility index (Phi) is 7.30. The highest BCUT2D eigenvalue weighted by molar-refractivity contribution is 6.07. The first-order valence-electron chi connectivity index (χ1n) is 13.8. The number of amidine groups is 1. The second kappa shape index (κ2) is 11.5. The summed E-state index contributed by atoms with van der Waals surface area (Å²) in [4.78, 5) is 13.7. The van der Waals surface area contributed by atoms with E-state index in [4.69, 9.17) is 21.6 Å². The molecule has 1 amide bonds. The number of hydrogen-bond donors (Lipinski definition) is 4. The van der Waals surface area contributed by atoms with Gasteiger partial charge in [-0.25, -0.2) is 0 Å². The van der Waals surface area contributed by atoms with Crippen LogP contribution in [0.4, 0.5) is 11.4 Å². The van der Waals surface area contributed by atoms with Crippen LogP contribution in [-0.2, 0) is 13.0 Å². The Labute approximate surface area is 243 Å². The molecule has 0 aliphatic carbocycles. The van der Waals surface area contributed by atoms with E-state index in [1.807, 2.05) is 53.1 Å². The lowest BCUT2D eigenvalue weighted by molar-refractivity contribution is 0.101. The molecule has 208 valence electrons. The standard InChI is InChI=1S/C35H31N5O2/c36-28-12-14-29(15-13-28)39-35(41)33-20-25-10-11-26(34(37)38)21-32(25)40(33)22-27-19-30(18-24-8-4-5-9-31(24)27)42-17-16-23-6-2-1-3-7-23/h1-15,18-21H,16-17,22,36H2,(H3,37,38)(H,39,41). The van der Waals surface area contributed by atoms with Gasteiger partial charge >= 0.3 is 0 Å². The fraction of sp³-hybridized carbons (Fsp3) is 0.0857. The summed E-state index contributed by atoms with van der Waals surface area (Å²) in [5.41, 5.74) is 17.1. The van der Waals surface area contributed by atoms with E-state index >= 15 is 0 Å². The fourth-order valence-corrected chi connectivity index (χ4v) is 5.22. The third-order valence-electron chi connectivity index (χ3n) is 7.37. The molecule has 0 aliphatic heterocycles. The zero-order valence-corrected chi connectivity index (χ0v) is 23.0. The molecule has 6 aromatic rings. The Balaban J connectivity index is 1.39. The van der Waals surface area contributed by atoms with E-state index in [1.165, 1.54) is 5.56 Å². The van der Waals surface area contributed by atoms with Crippen LogP contribution in [0.2, 0.25) is 0 Å². The van der Waals surface area contributed by atoms with Crippen molar-refractivity contribution in [2.45, 2.75) is 13.0 Å². The van der Waals surface area contributed by atoms with Crippen LogP contribution in [0.25, 0.3) is 21.7 Å². The molecule has 6 rings (SSSR count). The molecule has 42 heavy (non-hydrogen) atoms. The normalized spacial score (nSPS) is 11.0. The highest BCUT2D eigenvalue weighted by Crippen LogP contribution is 2.30. The molecular formula is C35H31N5O2. The zero-order chi connectivity index (χ0) is 29.1. The number of nitrogen functional groups attached to an aromatic ring is 2. The quantitative estimate of drug-likeness (QED) is 0.0918. The van der Waals surface area contributed by atoms with Gasteiger partial charge in [-0.2, -0.15) is 0 Å². The van der Waals surface area contributed by atoms with Crippen LogP contribution in [0.15, 0.2) is 115 Å². The van der Waals surface area contributed by atoms with E-state index in [2.05, 4.69) is 41.7 Å². The van der Waals surface area contributed by atoms with Crippen molar-refractivity contribution in [2.75, 3.05) is 17.7 Å². The molecule has 0 saturated carbocycles. The van der Waals surface area contributed by atoms with Crippen LogP contribution >= 0.6 is 0 Å². The Hall–Kier alpha value is -5.56. The molecule has 7 heteroatoms. The molecule has 0 radical (unpaired) electrons. The summed E-state index contributed by atoms with van der Waals surface area (Å²) in [6.45, 7) is 0.956. The van der Waals surface area contributed by atoms with Crippen molar-refractivity contribution in [3.05, 3.63) is 138 Å². The number of nitrogens with zero attached hydrogens (tertiary/aromatic N) is 1. The van der Waals surface area contributed by atoms with Gasteiger partial charge in [0.2, 0.25) is 0 Å². The van der Waals surface area contributed by atoms with Gasteiger partial charge in [0.25, 0.3) is 5.91 Å². The predicted molar refractivity (Wildman–Crippen MR) is 170 cm³/mol. The number of rotatable bonds is 9. The second-order valence-corrected chi connectivity index (χ2v) is 10.3. The van der Waals surface area contributed by atoms with Crippen molar-refractivity contribution < 1.29 is 9.53 Å². The Morgan fingerprint density at radius 1 is 0.833 bits per heavy atom. The first kappa shape index (κ1) is 26.7. The predicted octanol–water partition coefficient (Wildman–Crippen LogP) is 6.58. The smallest absolute Gasteiger partial charge is 0.272 e. The van der Waals surface area contributed by atoms with Crippen molar-refractivity contribution in [3.8, 4) is 5.75 Å². The van der Waals surface area contributed by atoms with Gasteiger partial charge < -0.3 is 26.1 Å². The van der Waals surface area contributed by atoms with Crippen LogP contribution < -0.4 is 21.5 Å². The van der Waals surface area contributed by atoms with Gasteiger partial charge in [-0.15, -0.1) is 0 Å². The lowest BCUT2D eigenvalue weighted by atomic mass is 10.0. The second-order valence-electron chi connectivity index (χ2n) is 10.3. The third-order valence-corrected chi connectivity index (χ3v) is 7.37. The summed E-state index contributed by atoms with van der Waals surface area (Å²) in [5.74, 6) is 0.491. The van der Waals surface area contributed by atoms with Gasteiger partial charge in [-0.3, -0.25) is 10.2 Å². The average molecular weight is 554 g/mol. The Morgan fingerprint density at radius 2 is 1.60 bits per heavy atom. The van der Waals surface area contributed by atoms with E-state index in [-0.39, 0.29) is 11.7 Å². The highest BCUT2D eigenvalue weighted by Gasteiger charge is 2.18. The molecule has 1 aromatic heterocycles. The topological polar surface area (TPSA) is 119 Å². The molecule has 0 bridgehead atoms. The lowest BCUT2D eigenvalue weighted by Crippen LogP contribution is -2.18. The first-order chi connectivity index (χ1) is 20.4. The SMILES string of the molecule is N=C(N)c1ccc2cc(C(=O)Nc3ccc(N)cc3)n(Cc3cc(OCCc4ccccc4)cc4ccccc34)c2c1. The molecule has 0 saturated heterocycles. The van der Waals surface area contributed by atoms with Gasteiger partial charge in [-0.1, -0.05) is 66.7 Å². The minimum Gasteiger partial charge on any atom is -0.493 e. The van der Waals surface area contributed by atoms with Crippen LogP contribution in [0.5, 0.6) is 5.75 Å². The first-order valence-corrected chi connectivity index (χ1v) is 13.8. The highest BCUT2D eigenvalue weighted by atomic mass is 16.5. The Bertz CT molecular complexity index is 1910. The summed E-state index contributed by atoms with van der Waals surface area (Å²) < 4.78 is 8.21. The van der Waals surface area contributed by atoms with E-state index < -0.39 is 0 Å².